The minimum absolute atomic E-state index is 0.0125. The summed E-state index contributed by atoms with van der Waals surface area (Å²) in [5.74, 6) is 0.986. The number of nitrogen functional groups attached to an aromatic ring is 1. The molecule has 2 atom stereocenters. The fourth-order valence-corrected chi connectivity index (χ4v) is 4.47. The van der Waals surface area contributed by atoms with Crippen LogP contribution in [0.1, 0.15) is 30.9 Å². The molecule has 0 unspecified atom stereocenters. The lowest BCUT2D eigenvalue weighted by molar-refractivity contribution is -0.140. The number of ether oxygens (including phenoxy) is 1. The largest absolute Gasteiger partial charge is 0.469 e. The highest BCUT2D eigenvalue weighted by atomic mass is 16.5. The van der Waals surface area contributed by atoms with Gasteiger partial charge in [0.1, 0.15) is 12.1 Å². The number of pyridine rings is 1. The summed E-state index contributed by atoms with van der Waals surface area (Å²) in [6.07, 6.45) is 3.74. The number of fused-ring (bicyclic) bond motifs is 4. The van der Waals surface area contributed by atoms with Crippen molar-refractivity contribution >= 4 is 11.8 Å². The van der Waals surface area contributed by atoms with Gasteiger partial charge in [0.15, 0.2) is 0 Å². The predicted octanol–water partition coefficient (Wildman–Crippen LogP) is 1.26. The van der Waals surface area contributed by atoms with Gasteiger partial charge in [-0.05, 0) is 31.4 Å². The third-order valence-electron chi connectivity index (χ3n) is 5.70. The maximum absolute atomic E-state index is 12.8. The molecule has 0 spiro atoms. The molecule has 0 radical (unpaired) electrons. The Morgan fingerprint density at radius 2 is 2.11 bits per heavy atom. The Kier molecular flexibility index (Phi) is 5.13. The quantitative estimate of drug-likeness (QED) is 0.775. The molecule has 0 aliphatic carbocycles. The molecule has 8 heteroatoms. The maximum atomic E-state index is 12.8. The molecule has 0 aromatic carbocycles. The van der Waals surface area contributed by atoms with Crippen LogP contribution in [0.2, 0.25) is 0 Å². The van der Waals surface area contributed by atoms with Crippen LogP contribution in [0, 0.1) is 5.92 Å². The minimum Gasteiger partial charge on any atom is -0.469 e. The second-order valence-corrected chi connectivity index (χ2v) is 7.68. The van der Waals surface area contributed by atoms with E-state index in [1.807, 2.05) is 4.57 Å². The van der Waals surface area contributed by atoms with Crippen LogP contribution >= 0.6 is 0 Å². The molecule has 0 amide bonds. The molecule has 2 aliphatic rings. The molecule has 148 valence electrons. The van der Waals surface area contributed by atoms with Gasteiger partial charge in [-0.15, -0.1) is 0 Å². The predicted molar refractivity (Wildman–Crippen MR) is 105 cm³/mol. The molecule has 2 aromatic rings. The van der Waals surface area contributed by atoms with Crippen molar-refractivity contribution < 1.29 is 9.53 Å². The number of nitrogens with two attached hydrogens (primary N) is 1. The zero-order valence-corrected chi connectivity index (χ0v) is 16.0. The second-order valence-electron chi connectivity index (χ2n) is 7.68. The van der Waals surface area contributed by atoms with Gasteiger partial charge in [-0.1, -0.05) is 0 Å². The van der Waals surface area contributed by atoms with Gasteiger partial charge in [-0.2, -0.15) is 0 Å². The van der Waals surface area contributed by atoms with E-state index in [9.17, 15) is 9.59 Å². The molecule has 0 saturated carbocycles. The van der Waals surface area contributed by atoms with E-state index in [-0.39, 0.29) is 11.5 Å². The summed E-state index contributed by atoms with van der Waals surface area (Å²) in [4.78, 5) is 34.7. The van der Waals surface area contributed by atoms with Gasteiger partial charge in [0, 0.05) is 55.4 Å². The van der Waals surface area contributed by atoms with Crippen LogP contribution in [0.15, 0.2) is 29.3 Å². The maximum Gasteiger partial charge on any atom is 0.305 e. The molecule has 1 saturated heterocycles. The number of rotatable bonds is 5. The standard InChI is InChI=1S/C20H25N5O3/c1-28-20(27)3-2-4-24-9-13-5-15(11-24)17-6-14(7-19(26)25(17)10-13)16-8-18(21)23-12-22-16/h6-8,12-13,15H,2-5,9-11H2,1H3,(H2,21,22,23)/t13-,15+/m0/s1. The van der Waals surface area contributed by atoms with Crippen molar-refractivity contribution in [3.63, 3.8) is 0 Å². The van der Waals surface area contributed by atoms with Crippen LogP contribution in [0.4, 0.5) is 5.82 Å². The molecule has 2 aliphatic heterocycles. The zero-order chi connectivity index (χ0) is 19.7. The van der Waals surface area contributed by atoms with Crippen LogP contribution in [0.3, 0.4) is 0 Å². The minimum atomic E-state index is -0.164. The van der Waals surface area contributed by atoms with E-state index in [1.54, 1.807) is 12.1 Å². The number of carbonyl (C=O) groups is 1. The molecule has 2 N–H and O–H groups in total. The molecule has 28 heavy (non-hydrogen) atoms. The molecule has 1 fully saturated rings. The first-order valence-electron chi connectivity index (χ1n) is 9.65. The van der Waals surface area contributed by atoms with E-state index in [1.165, 1.54) is 13.4 Å². The SMILES string of the molecule is COC(=O)CCCN1C[C@@H]2C[C@H](C1)c1cc(-c3cc(N)ncn3)cc(=O)n1C2. The van der Waals surface area contributed by atoms with E-state index >= 15 is 0 Å². The lowest BCUT2D eigenvalue weighted by Crippen LogP contribution is -2.47. The van der Waals surface area contributed by atoms with E-state index < -0.39 is 0 Å². The van der Waals surface area contributed by atoms with Gasteiger partial charge in [-0.3, -0.25) is 9.59 Å². The Morgan fingerprint density at radius 3 is 2.89 bits per heavy atom. The van der Waals surface area contributed by atoms with Gasteiger partial charge in [-0.25, -0.2) is 9.97 Å². The summed E-state index contributed by atoms with van der Waals surface area (Å²) in [6, 6.07) is 5.40. The number of methoxy groups -OCH3 is 1. The van der Waals surface area contributed by atoms with Crippen molar-refractivity contribution in [2.24, 2.45) is 5.92 Å². The van der Waals surface area contributed by atoms with Crippen LogP contribution in [0.5, 0.6) is 0 Å². The molecule has 4 heterocycles. The third kappa shape index (κ3) is 3.77. The van der Waals surface area contributed by atoms with Crippen LogP contribution in [-0.4, -0.2) is 52.1 Å². The Balaban J connectivity index is 1.56. The number of hydrogen-bond acceptors (Lipinski definition) is 7. The molecule has 8 nitrogen and oxygen atoms in total. The van der Waals surface area contributed by atoms with Crippen LogP contribution in [0.25, 0.3) is 11.3 Å². The molecule has 2 aromatic heterocycles. The number of piperidine rings is 1. The van der Waals surface area contributed by atoms with E-state index in [2.05, 4.69) is 20.9 Å². The van der Waals surface area contributed by atoms with Crippen molar-refractivity contribution in [1.29, 1.82) is 0 Å². The highest BCUT2D eigenvalue weighted by Crippen LogP contribution is 2.36. The normalized spacial score (nSPS) is 21.2. The highest BCUT2D eigenvalue weighted by molar-refractivity contribution is 5.69. The summed E-state index contributed by atoms with van der Waals surface area (Å²) in [6.45, 7) is 3.47. The number of carbonyl (C=O) groups excluding carboxylic acids is 1. The zero-order valence-electron chi connectivity index (χ0n) is 16.0. The van der Waals surface area contributed by atoms with E-state index in [0.717, 1.165) is 50.3 Å². The van der Waals surface area contributed by atoms with Crippen molar-refractivity contribution in [1.82, 2.24) is 19.4 Å². The second kappa shape index (κ2) is 7.71. The van der Waals surface area contributed by atoms with Crippen molar-refractivity contribution in [3.05, 3.63) is 40.6 Å². The molecule has 4 rings (SSSR count). The van der Waals surface area contributed by atoms with E-state index in [4.69, 9.17) is 10.5 Å². The summed E-state index contributed by atoms with van der Waals surface area (Å²) in [7, 11) is 1.42. The summed E-state index contributed by atoms with van der Waals surface area (Å²) < 4.78 is 6.64. The Labute approximate surface area is 163 Å². The number of esters is 1. The third-order valence-corrected chi connectivity index (χ3v) is 5.70. The summed E-state index contributed by atoms with van der Waals surface area (Å²) in [5.41, 5.74) is 8.30. The molecular weight excluding hydrogens is 358 g/mol. The lowest BCUT2D eigenvalue weighted by atomic mass is 9.82. The first-order chi connectivity index (χ1) is 13.5. The smallest absolute Gasteiger partial charge is 0.305 e. The Morgan fingerprint density at radius 1 is 1.25 bits per heavy atom. The van der Waals surface area contributed by atoms with Crippen molar-refractivity contribution in [3.8, 4) is 11.3 Å². The van der Waals surface area contributed by atoms with E-state index in [0.29, 0.717) is 29.8 Å². The monoisotopic (exact) mass is 383 g/mol. The lowest BCUT2D eigenvalue weighted by Gasteiger charge is -2.43. The van der Waals surface area contributed by atoms with Crippen molar-refractivity contribution in [2.75, 3.05) is 32.5 Å². The number of nitrogens with zero attached hydrogens (tertiary/aromatic N) is 4. The summed E-state index contributed by atoms with van der Waals surface area (Å²) >= 11 is 0. The summed E-state index contributed by atoms with van der Waals surface area (Å²) in [5, 5.41) is 0. The molecular formula is C20H25N5O3. The van der Waals surface area contributed by atoms with Gasteiger partial charge in [0.25, 0.3) is 5.56 Å². The topological polar surface area (TPSA) is 103 Å². The average molecular weight is 383 g/mol. The number of likely N-dealkylation sites (tertiary alicyclic amines) is 1. The highest BCUT2D eigenvalue weighted by Gasteiger charge is 2.34. The molecule has 2 bridgehead atoms. The van der Waals surface area contributed by atoms with Gasteiger partial charge < -0.3 is 19.9 Å². The Bertz CT molecular complexity index is 942. The van der Waals surface area contributed by atoms with Crippen LogP contribution < -0.4 is 11.3 Å². The first kappa shape index (κ1) is 18.6. The fourth-order valence-electron chi connectivity index (χ4n) is 4.47. The Hall–Kier alpha value is -2.74. The number of anilines is 1. The number of aromatic nitrogens is 3. The number of hydrogen-bond donors (Lipinski definition) is 1. The van der Waals surface area contributed by atoms with Crippen molar-refractivity contribution in [2.45, 2.75) is 31.7 Å². The van der Waals surface area contributed by atoms with Gasteiger partial charge >= 0.3 is 5.97 Å². The van der Waals surface area contributed by atoms with Gasteiger partial charge in [0.05, 0.1) is 12.8 Å². The fraction of sp³-hybridized carbons (Fsp3) is 0.500. The van der Waals surface area contributed by atoms with Gasteiger partial charge in [0.2, 0.25) is 0 Å². The van der Waals surface area contributed by atoms with Crippen LogP contribution in [-0.2, 0) is 16.1 Å². The average Bonchev–Trinajstić information content (AvgIpc) is 2.68. The first-order valence-corrected chi connectivity index (χ1v) is 9.65.